The van der Waals surface area contributed by atoms with Crippen molar-refractivity contribution in [3.05, 3.63) is 70.3 Å². The van der Waals surface area contributed by atoms with Gasteiger partial charge in [0, 0.05) is 15.5 Å². The molecule has 0 aliphatic heterocycles. The Morgan fingerprint density at radius 2 is 1.84 bits per heavy atom. The first-order chi connectivity index (χ1) is 12.1. The molecule has 0 bridgehead atoms. The predicted molar refractivity (Wildman–Crippen MR) is 97.7 cm³/mol. The van der Waals surface area contributed by atoms with Crippen LogP contribution in [0.4, 0.5) is 0 Å². The quantitative estimate of drug-likeness (QED) is 0.359. The van der Waals surface area contributed by atoms with Gasteiger partial charge >= 0.3 is 5.97 Å². The van der Waals surface area contributed by atoms with E-state index >= 15 is 0 Å². The monoisotopic (exact) mass is 370 g/mol. The van der Waals surface area contributed by atoms with E-state index in [0.29, 0.717) is 15.5 Å². The van der Waals surface area contributed by atoms with E-state index < -0.39 is 18.4 Å². The summed E-state index contributed by atoms with van der Waals surface area (Å²) in [6, 6.07) is 16.4. The predicted octanol–water partition coefficient (Wildman–Crippen LogP) is 5.34. The van der Waals surface area contributed by atoms with Gasteiger partial charge in [0.15, 0.2) is 12.4 Å². The van der Waals surface area contributed by atoms with Crippen LogP contribution in [0.3, 0.4) is 0 Å². The molecule has 0 amide bonds. The van der Waals surface area contributed by atoms with Crippen molar-refractivity contribution >= 4 is 55.7 Å². The van der Waals surface area contributed by atoms with E-state index in [1.54, 1.807) is 12.1 Å². The van der Waals surface area contributed by atoms with E-state index in [0.717, 1.165) is 15.5 Å². The van der Waals surface area contributed by atoms with Crippen molar-refractivity contribution in [3.63, 3.8) is 0 Å². The lowest BCUT2D eigenvalue weighted by atomic mass is 10.2. The number of thiophene rings is 1. The van der Waals surface area contributed by atoms with Gasteiger partial charge in [-0.2, -0.15) is 0 Å². The number of benzene rings is 2. The van der Waals surface area contributed by atoms with Gasteiger partial charge in [-0.05, 0) is 18.2 Å². The molecular formula is C19H11ClO4S. The second-order valence-corrected chi connectivity index (χ2v) is 6.82. The van der Waals surface area contributed by atoms with Crippen LogP contribution >= 0.6 is 22.9 Å². The zero-order valence-corrected chi connectivity index (χ0v) is 14.4. The Balaban J connectivity index is 1.50. The van der Waals surface area contributed by atoms with Gasteiger partial charge in [-0.15, -0.1) is 11.3 Å². The lowest BCUT2D eigenvalue weighted by Gasteiger charge is -2.01. The largest absolute Gasteiger partial charge is 0.453 e. The van der Waals surface area contributed by atoms with Gasteiger partial charge in [0.05, 0.1) is 5.02 Å². The second kappa shape index (κ2) is 6.35. The van der Waals surface area contributed by atoms with E-state index in [1.165, 1.54) is 11.3 Å². The Morgan fingerprint density at radius 3 is 2.64 bits per heavy atom. The molecule has 0 unspecified atom stereocenters. The molecule has 0 saturated carbocycles. The van der Waals surface area contributed by atoms with Gasteiger partial charge in [0.25, 0.3) is 0 Å². The summed E-state index contributed by atoms with van der Waals surface area (Å²) in [4.78, 5) is 24.8. The second-order valence-electron chi connectivity index (χ2n) is 5.39. The van der Waals surface area contributed by atoms with Gasteiger partial charge in [-0.3, -0.25) is 4.79 Å². The fraction of sp³-hybridized carbons (Fsp3) is 0.0526. The SMILES string of the molecule is O=C(COC(=O)c1sc2ccccc2c1Cl)c1cc2ccccc2o1. The molecule has 0 spiro atoms. The summed E-state index contributed by atoms with van der Waals surface area (Å²) in [6.07, 6.45) is 0. The third-order valence-electron chi connectivity index (χ3n) is 3.75. The molecule has 2 heterocycles. The molecule has 0 fully saturated rings. The van der Waals surface area contributed by atoms with Crippen molar-refractivity contribution in [1.82, 2.24) is 0 Å². The summed E-state index contributed by atoms with van der Waals surface area (Å²) in [5, 5.41) is 1.97. The summed E-state index contributed by atoms with van der Waals surface area (Å²) in [5.74, 6) is -0.853. The molecule has 2 aromatic carbocycles. The molecule has 6 heteroatoms. The van der Waals surface area contributed by atoms with Crippen molar-refractivity contribution in [2.45, 2.75) is 0 Å². The van der Waals surface area contributed by atoms with Crippen LogP contribution < -0.4 is 0 Å². The minimum Gasteiger partial charge on any atom is -0.453 e. The summed E-state index contributed by atoms with van der Waals surface area (Å²) in [7, 11) is 0. The molecule has 0 saturated heterocycles. The van der Waals surface area contributed by atoms with Crippen LogP contribution in [0.25, 0.3) is 21.1 Å². The van der Waals surface area contributed by atoms with Crippen molar-refractivity contribution in [2.24, 2.45) is 0 Å². The number of para-hydroxylation sites is 1. The summed E-state index contributed by atoms with van der Waals surface area (Å²) in [5.41, 5.74) is 0.615. The Bertz CT molecular complexity index is 1080. The third kappa shape index (κ3) is 2.92. The van der Waals surface area contributed by atoms with Crippen molar-refractivity contribution in [1.29, 1.82) is 0 Å². The average Bonchev–Trinajstić information content (AvgIpc) is 3.21. The van der Waals surface area contributed by atoms with Crippen LogP contribution in [0.5, 0.6) is 0 Å². The van der Waals surface area contributed by atoms with E-state index in [-0.39, 0.29) is 5.76 Å². The van der Waals surface area contributed by atoms with Crippen molar-refractivity contribution in [3.8, 4) is 0 Å². The highest BCUT2D eigenvalue weighted by atomic mass is 35.5. The molecule has 0 atom stereocenters. The topological polar surface area (TPSA) is 56.5 Å². The van der Waals surface area contributed by atoms with E-state index in [2.05, 4.69) is 0 Å². The molecule has 0 aliphatic carbocycles. The third-order valence-corrected chi connectivity index (χ3v) is 5.41. The molecule has 0 aliphatic rings. The number of hydrogen-bond donors (Lipinski definition) is 0. The molecule has 0 radical (unpaired) electrons. The Hall–Kier alpha value is -2.63. The molecule has 0 N–H and O–H groups in total. The Labute approximate surface area is 151 Å². The number of Topliss-reactive ketones (excluding diaryl/α,β-unsaturated/α-hetero) is 1. The number of rotatable bonds is 4. The normalized spacial score (nSPS) is 11.1. The molecule has 2 aromatic heterocycles. The van der Waals surface area contributed by atoms with Crippen LogP contribution in [0.2, 0.25) is 5.02 Å². The van der Waals surface area contributed by atoms with Crippen LogP contribution in [0.15, 0.2) is 59.0 Å². The van der Waals surface area contributed by atoms with Gasteiger partial charge in [0.1, 0.15) is 10.5 Å². The summed E-state index contributed by atoms with van der Waals surface area (Å²) in [6.45, 7) is -0.400. The van der Waals surface area contributed by atoms with Crippen LogP contribution in [-0.4, -0.2) is 18.4 Å². The van der Waals surface area contributed by atoms with Crippen molar-refractivity contribution in [2.75, 3.05) is 6.61 Å². The number of halogens is 1. The first-order valence-electron chi connectivity index (χ1n) is 7.49. The fourth-order valence-corrected chi connectivity index (χ4v) is 3.93. The number of carbonyl (C=O) groups excluding carboxylic acids is 2. The van der Waals surface area contributed by atoms with E-state index in [9.17, 15) is 9.59 Å². The maximum atomic E-state index is 12.3. The number of esters is 1. The zero-order chi connectivity index (χ0) is 17.4. The standard InChI is InChI=1S/C19H11ClO4S/c20-17-12-6-2-4-8-16(12)25-18(17)19(22)23-10-13(21)15-9-11-5-1-3-7-14(11)24-15/h1-9H,10H2. The number of carbonyl (C=O) groups is 2. The lowest BCUT2D eigenvalue weighted by molar-refractivity contribution is 0.0473. The molecular weight excluding hydrogens is 360 g/mol. The van der Waals surface area contributed by atoms with E-state index in [4.69, 9.17) is 20.8 Å². The maximum Gasteiger partial charge on any atom is 0.350 e. The zero-order valence-electron chi connectivity index (χ0n) is 12.8. The van der Waals surface area contributed by atoms with Crippen molar-refractivity contribution < 1.29 is 18.7 Å². The number of fused-ring (bicyclic) bond motifs is 2. The Kier molecular flexibility index (Phi) is 4.03. The molecule has 4 rings (SSSR count). The highest BCUT2D eigenvalue weighted by Crippen LogP contribution is 2.35. The smallest absolute Gasteiger partial charge is 0.350 e. The van der Waals surface area contributed by atoms with Gasteiger partial charge in [-0.1, -0.05) is 48.0 Å². The summed E-state index contributed by atoms with van der Waals surface area (Å²) >= 11 is 7.49. The minimum absolute atomic E-state index is 0.163. The number of furan rings is 1. The first-order valence-corrected chi connectivity index (χ1v) is 8.69. The highest BCUT2D eigenvalue weighted by molar-refractivity contribution is 7.21. The van der Waals surface area contributed by atoms with Crippen LogP contribution in [0, 0.1) is 0 Å². The first kappa shape index (κ1) is 15.9. The summed E-state index contributed by atoms with van der Waals surface area (Å²) < 4.78 is 11.5. The van der Waals surface area contributed by atoms with E-state index in [1.807, 2.05) is 42.5 Å². The fourth-order valence-electron chi connectivity index (χ4n) is 2.53. The molecule has 4 aromatic rings. The maximum absolute atomic E-state index is 12.3. The Morgan fingerprint density at radius 1 is 1.08 bits per heavy atom. The van der Waals surface area contributed by atoms with Crippen LogP contribution in [0.1, 0.15) is 20.2 Å². The van der Waals surface area contributed by atoms with Gasteiger partial charge < -0.3 is 9.15 Å². The van der Waals surface area contributed by atoms with Gasteiger partial charge in [-0.25, -0.2) is 4.79 Å². The highest BCUT2D eigenvalue weighted by Gasteiger charge is 2.20. The van der Waals surface area contributed by atoms with Gasteiger partial charge in [0.2, 0.25) is 5.78 Å². The molecule has 4 nitrogen and oxygen atoms in total. The lowest BCUT2D eigenvalue weighted by Crippen LogP contribution is -2.13. The average molecular weight is 371 g/mol. The molecule has 25 heavy (non-hydrogen) atoms. The minimum atomic E-state index is -0.615. The van der Waals surface area contributed by atoms with Crippen LogP contribution in [-0.2, 0) is 4.74 Å². The molecule has 124 valence electrons. The number of ether oxygens (including phenoxy) is 1. The number of ketones is 1. The number of hydrogen-bond acceptors (Lipinski definition) is 5.